The number of rotatable bonds is 8. The molecule has 3 amide bonds. The Morgan fingerprint density at radius 3 is 2.41 bits per heavy atom. The number of aromatic nitrogens is 1. The van der Waals surface area contributed by atoms with Crippen molar-refractivity contribution in [1.29, 1.82) is 0 Å². The molecule has 0 aliphatic carbocycles. The normalized spacial score (nSPS) is 10.2. The molecule has 1 aromatic heterocycles. The van der Waals surface area contributed by atoms with Crippen LogP contribution in [0.1, 0.15) is 35.1 Å². The number of methoxy groups -OCH3 is 2. The van der Waals surface area contributed by atoms with Crippen LogP contribution in [0.25, 0.3) is 0 Å². The first-order valence-electron chi connectivity index (χ1n) is 8.54. The van der Waals surface area contributed by atoms with Gasteiger partial charge in [-0.2, -0.15) is 0 Å². The van der Waals surface area contributed by atoms with Crippen molar-refractivity contribution in [2.45, 2.75) is 26.7 Å². The van der Waals surface area contributed by atoms with Crippen molar-refractivity contribution in [3.8, 4) is 11.5 Å². The minimum atomic E-state index is -0.354. The Kier molecular flexibility index (Phi) is 7.42. The van der Waals surface area contributed by atoms with Gasteiger partial charge in [0.2, 0.25) is 0 Å². The Hall–Kier alpha value is -2.81. The van der Waals surface area contributed by atoms with Crippen molar-refractivity contribution in [3.05, 3.63) is 28.8 Å². The number of benzene rings is 1. The van der Waals surface area contributed by atoms with E-state index in [9.17, 15) is 9.59 Å². The lowest BCUT2D eigenvalue weighted by atomic mass is 10.2. The summed E-state index contributed by atoms with van der Waals surface area (Å²) in [7, 11) is 3.03. The third-order valence-corrected chi connectivity index (χ3v) is 4.78. The van der Waals surface area contributed by atoms with Gasteiger partial charge in [-0.15, -0.1) is 0 Å². The van der Waals surface area contributed by atoms with Gasteiger partial charge in [0.05, 0.1) is 19.9 Å². The molecule has 0 atom stereocenters. The van der Waals surface area contributed by atoms with Gasteiger partial charge in [0.25, 0.3) is 5.91 Å². The maximum absolute atomic E-state index is 12.7. The molecule has 3 N–H and O–H groups in total. The lowest BCUT2D eigenvalue weighted by molar-refractivity contribution is 0.102. The van der Waals surface area contributed by atoms with Crippen LogP contribution in [0.3, 0.4) is 0 Å². The van der Waals surface area contributed by atoms with Crippen LogP contribution >= 0.6 is 11.3 Å². The Labute approximate surface area is 162 Å². The van der Waals surface area contributed by atoms with Gasteiger partial charge in [0.1, 0.15) is 22.1 Å². The van der Waals surface area contributed by atoms with Gasteiger partial charge < -0.3 is 20.1 Å². The fourth-order valence-corrected chi connectivity index (χ4v) is 3.18. The van der Waals surface area contributed by atoms with Gasteiger partial charge in [-0.3, -0.25) is 10.1 Å². The number of nitrogens with zero attached hydrogens (tertiary/aromatic N) is 1. The summed E-state index contributed by atoms with van der Waals surface area (Å²) >= 11 is 1.10. The number of carbonyl (C=O) groups excluding carboxylic acids is 2. The number of anilines is 2. The van der Waals surface area contributed by atoms with E-state index in [-0.39, 0.29) is 11.9 Å². The Morgan fingerprint density at radius 1 is 1.15 bits per heavy atom. The standard InChI is InChI=1S/C18H24N4O4S/c1-5-6-10-19-17(24)22-18-20-11(2)15(27-18)16(23)21-14-12(25-3)8-7-9-13(14)26-4/h7-9H,5-6,10H2,1-4H3,(H,21,23)(H2,19,20,22,24). The second-order valence-electron chi connectivity index (χ2n) is 5.66. The van der Waals surface area contributed by atoms with Crippen LogP contribution in [0.2, 0.25) is 0 Å². The van der Waals surface area contributed by atoms with E-state index in [1.165, 1.54) is 14.2 Å². The third kappa shape index (κ3) is 5.33. The van der Waals surface area contributed by atoms with Crippen molar-refractivity contribution in [2.75, 3.05) is 31.4 Å². The molecule has 146 valence electrons. The van der Waals surface area contributed by atoms with Crippen LogP contribution in [0.4, 0.5) is 15.6 Å². The number of ether oxygens (including phenoxy) is 2. The lowest BCUT2D eigenvalue weighted by Crippen LogP contribution is -2.29. The highest BCUT2D eigenvalue weighted by Gasteiger charge is 2.20. The van der Waals surface area contributed by atoms with Gasteiger partial charge >= 0.3 is 6.03 Å². The third-order valence-electron chi connectivity index (χ3n) is 3.71. The maximum Gasteiger partial charge on any atom is 0.321 e. The smallest absolute Gasteiger partial charge is 0.321 e. The summed E-state index contributed by atoms with van der Waals surface area (Å²) in [4.78, 5) is 29.2. The molecule has 9 heteroatoms. The summed E-state index contributed by atoms with van der Waals surface area (Å²) in [5.41, 5.74) is 0.961. The van der Waals surface area contributed by atoms with Crippen LogP contribution in [-0.2, 0) is 0 Å². The van der Waals surface area contributed by atoms with E-state index >= 15 is 0 Å². The van der Waals surface area contributed by atoms with Crippen LogP contribution in [0, 0.1) is 6.92 Å². The highest BCUT2D eigenvalue weighted by Crippen LogP contribution is 2.35. The molecule has 0 saturated heterocycles. The van der Waals surface area contributed by atoms with Gasteiger partial charge in [-0.25, -0.2) is 9.78 Å². The molecule has 8 nitrogen and oxygen atoms in total. The Bertz CT molecular complexity index is 784. The van der Waals surface area contributed by atoms with Crippen LogP contribution in [0.15, 0.2) is 18.2 Å². The second kappa shape index (κ2) is 9.77. The Morgan fingerprint density at radius 2 is 1.81 bits per heavy atom. The summed E-state index contributed by atoms with van der Waals surface area (Å²) in [6, 6.07) is 4.89. The number of nitrogens with one attached hydrogen (secondary N) is 3. The molecular weight excluding hydrogens is 368 g/mol. The average Bonchev–Trinajstić information content (AvgIpc) is 3.02. The quantitative estimate of drug-likeness (QED) is 0.595. The first kappa shape index (κ1) is 20.5. The van der Waals surface area contributed by atoms with Crippen molar-refractivity contribution in [3.63, 3.8) is 0 Å². The van der Waals surface area contributed by atoms with Gasteiger partial charge in [0.15, 0.2) is 5.13 Å². The molecule has 0 bridgehead atoms. The zero-order valence-electron chi connectivity index (χ0n) is 15.8. The molecular formula is C18H24N4O4S. The monoisotopic (exact) mass is 392 g/mol. The molecule has 0 fully saturated rings. The van der Waals surface area contributed by atoms with E-state index in [2.05, 4.69) is 20.9 Å². The first-order chi connectivity index (χ1) is 13.0. The summed E-state index contributed by atoms with van der Waals surface area (Å²) in [5, 5.41) is 8.56. The number of hydrogen-bond donors (Lipinski definition) is 3. The largest absolute Gasteiger partial charge is 0.494 e. The van der Waals surface area contributed by atoms with E-state index in [1.54, 1.807) is 25.1 Å². The van der Waals surface area contributed by atoms with Crippen molar-refractivity contribution >= 4 is 34.1 Å². The van der Waals surface area contributed by atoms with Crippen LogP contribution in [0.5, 0.6) is 11.5 Å². The van der Waals surface area contributed by atoms with Crippen molar-refractivity contribution in [1.82, 2.24) is 10.3 Å². The summed E-state index contributed by atoms with van der Waals surface area (Å²) in [6.07, 6.45) is 1.89. The number of hydrogen-bond acceptors (Lipinski definition) is 6. The fraction of sp³-hybridized carbons (Fsp3) is 0.389. The number of thiazole rings is 1. The van der Waals surface area contributed by atoms with Gasteiger partial charge in [0, 0.05) is 6.54 Å². The minimum absolute atomic E-state index is 0.337. The van der Waals surface area contributed by atoms with Gasteiger partial charge in [-0.1, -0.05) is 30.7 Å². The van der Waals surface area contributed by atoms with E-state index in [4.69, 9.17) is 9.47 Å². The van der Waals surface area contributed by atoms with E-state index in [1.807, 2.05) is 6.92 Å². The summed E-state index contributed by atoms with van der Waals surface area (Å²) in [6.45, 7) is 4.35. The Balaban J connectivity index is 2.12. The maximum atomic E-state index is 12.7. The van der Waals surface area contributed by atoms with Crippen molar-refractivity contribution < 1.29 is 19.1 Å². The number of urea groups is 1. The van der Waals surface area contributed by atoms with Gasteiger partial charge in [-0.05, 0) is 25.5 Å². The zero-order valence-corrected chi connectivity index (χ0v) is 16.7. The molecule has 1 heterocycles. The van der Waals surface area contributed by atoms with E-state index in [0.717, 1.165) is 24.2 Å². The molecule has 2 aromatic rings. The molecule has 1 aromatic carbocycles. The number of para-hydroxylation sites is 1. The molecule has 0 aliphatic rings. The molecule has 0 unspecified atom stereocenters. The first-order valence-corrected chi connectivity index (χ1v) is 9.36. The highest BCUT2D eigenvalue weighted by molar-refractivity contribution is 7.17. The number of carbonyl (C=O) groups is 2. The fourth-order valence-electron chi connectivity index (χ4n) is 2.33. The minimum Gasteiger partial charge on any atom is -0.494 e. The van der Waals surface area contributed by atoms with E-state index in [0.29, 0.717) is 39.4 Å². The molecule has 27 heavy (non-hydrogen) atoms. The molecule has 0 aliphatic heterocycles. The van der Waals surface area contributed by atoms with Crippen molar-refractivity contribution in [2.24, 2.45) is 0 Å². The number of aryl methyl sites for hydroxylation is 1. The summed E-state index contributed by atoms with van der Waals surface area (Å²) < 4.78 is 10.6. The molecule has 0 spiro atoms. The predicted molar refractivity (Wildman–Crippen MR) is 106 cm³/mol. The molecule has 2 rings (SSSR count). The molecule has 0 saturated carbocycles. The topological polar surface area (TPSA) is 102 Å². The molecule has 0 radical (unpaired) electrons. The lowest BCUT2D eigenvalue weighted by Gasteiger charge is -2.13. The number of amides is 3. The highest BCUT2D eigenvalue weighted by atomic mass is 32.1. The predicted octanol–water partition coefficient (Wildman–Crippen LogP) is 3.64. The van der Waals surface area contributed by atoms with Crippen LogP contribution < -0.4 is 25.4 Å². The summed E-state index contributed by atoms with van der Waals surface area (Å²) in [5.74, 6) is 0.615. The number of unbranched alkanes of at least 4 members (excludes halogenated alkanes) is 1. The van der Waals surface area contributed by atoms with Crippen LogP contribution in [-0.4, -0.2) is 37.7 Å². The average molecular weight is 392 g/mol. The van der Waals surface area contributed by atoms with E-state index < -0.39 is 0 Å². The zero-order chi connectivity index (χ0) is 19.8. The second-order valence-corrected chi connectivity index (χ2v) is 6.66. The SMILES string of the molecule is CCCCNC(=O)Nc1nc(C)c(C(=O)Nc2c(OC)cccc2OC)s1.